The maximum absolute atomic E-state index is 13.3. The predicted octanol–water partition coefficient (Wildman–Crippen LogP) is 2.58. The van der Waals surface area contributed by atoms with Gasteiger partial charge in [0.15, 0.2) is 0 Å². The SMILES string of the molecule is CC(N)c1coc(Nc2ccccc2F)n1. The van der Waals surface area contributed by atoms with Gasteiger partial charge in [-0.3, -0.25) is 0 Å². The number of nitrogens with two attached hydrogens (primary N) is 1. The van der Waals surface area contributed by atoms with E-state index >= 15 is 0 Å². The first-order valence-corrected chi connectivity index (χ1v) is 4.89. The van der Waals surface area contributed by atoms with Gasteiger partial charge in [-0.25, -0.2) is 4.39 Å². The molecule has 2 rings (SSSR count). The molecule has 5 heteroatoms. The van der Waals surface area contributed by atoms with Crippen LogP contribution in [0.4, 0.5) is 16.1 Å². The third kappa shape index (κ3) is 2.20. The van der Waals surface area contributed by atoms with Crippen LogP contribution >= 0.6 is 0 Å². The molecule has 1 unspecified atom stereocenters. The second kappa shape index (κ2) is 4.32. The zero-order chi connectivity index (χ0) is 11.5. The number of benzene rings is 1. The van der Waals surface area contributed by atoms with E-state index in [4.69, 9.17) is 10.2 Å². The fourth-order valence-corrected chi connectivity index (χ4v) is 1.23. The van der Waals surface area contributed by atoms with Gasteiger partial charge in [0.1, 0.15) is 12.1 Å². The lowest BCUT2D eigenvalue weighted by molar-refractivity contribution is 0.571. The molecule has 0 saturated heterocycles. The minimum absolute atomic E-state index is 0.208. The topological polar surface area (TPSA) is 64.1 Å². The Bertz CT molecular complexity index is 482. The first kappa shape index (κ1) is 10.6. The molecule has 1 atom stereocenters. The molecule has 16 heavy (non-hydrogen) atoms. The number of anilines is 2. The van der Waals surface area contributed by atoms with Gasteiger partial charge in [-0.1, -0.05) is 12.1 Å². The lowest BCUT2D eigenvalue weighted by Gasteiger charge is -2.02. The zero-order valence-corrected chi connectivity index (χ0v) is 8.77. The van der Waals surface area contributed by atoms with E-state index in [1.54, 1.807) is 25.1 Å². The largest absolute Gasteiger partial charge is 0.432 e. The van der Waals surface area contributed by atoms with E-state index < -0.39 is 0 Å². The smallest absolute Gasteiger partial charge is 0.299 e. The van der Waals surface area contributed by atoms with Crippen LogP contribution in [-0.4, -0.2) is 4.98 Å². The Hall–Kier alpha value is -1.88. The second-order valence-electron chi connectivity index (χ2n) is 3.47. The maximum atomic E-state index is 13.3. The molecule has 1 aromatic carbocycles. The molecule has 0 radical (unpaired) electrons. The highest BCUT2D eigenvalue weighted by molar-refractivity contribution is 5.52. The van der Waals surface area contributed by atoms with Crippen molar-refractivity contribution in [1.82, 2.24) is 4.98 Å². The molecule has 0 spiro atoms. The van der Waals surface area contributed by atoms with Crippen LogP contribution in [0.2, 0.25) is 0 Å². The van der Waals surface area contributed by atoms with Gasteiger partial charge in [-0.2, -0.15) is 4.98 Å². The maximum Gasteiger partial charge on any atom is 0.299 e. The van der Waals surface area contributed by atoms with Crippen LogP contribution in [0.25, 0.3) is 0 Å². The molecule has 0 fully saturated rings. The van der Waals surface area contributed by atoms with E-state index in [1.165, 1.54) is 12.3 Å². The van der Waals surface area contributed by atoms with E-state index in [2.05, 4.69) is 10.3 Å². The van der Waals surface area contributed by atoms with Crippen LogP contribution in [0.3, 0.4) is 0 Å². The molecule has 3 N–H and O–H groups in total. The number of para-hydroxylation sites is 1. The zero-order valence-electron chi connectivity index (χ0n) is 8.77. The summed E-state index contributed by atoms with van der Waals surface area (Å²) < 4.78 is 18.4. The first-order chi connectivity index (χ1) is 7.66. The van der Waals surface area contributed by atoms with Gasteiger partial charge < -0.3 is 15.5 Å². The Kier molecular flexibility index (Phi) is 2.87. The predicted molar refractivity (Wildman–Crippen MR) is 58.8 cm³/mol. The summed E-state index contributed by atoms with van der Waals surface area (Å²) in [5.41, 5.74) is 6.57. The molecule has 0 aliphatic heterocycles. The third-order valence-electron chi connectivity index (χ3n) is 2.10. The molecule has 0 aliphatic carbocycles. The van der Waals surface area contributed by atoms with Crippen molar-refractivity contribution in [3.05, 3.63) is 42.0 Å². The van der Waals surface area contributed by atoms with Crippen LogP contribution < -0.4 is 11.1 Å². The van der Waals surface area contributed by atoms with Crippen molar-refractivity contribution in [3.63, 3.8) is 0 Å². The molecule has 4 nitrogen and oxygen atoms in total. The average molecular weight is 221 g/mol. The van der Waals surface area contributed by atoms with E-state index in [0.29, 0.717) is 11.4 Å². The van der Waals surface area contributed by atoms with Crippen LogP contribution in [-0.2, 0) is 0 Å². The van der Waals surface area contributed by atoms with Gasteiger partial charge in [0.05, 0.1) is 11.4 Å². The third-order valence-corrected chi connectivity index (χ3v) is 2.10. The Balaban J connectivity index is 2.18. The molecule has 1 aromatic heterocycles. The first-order valence-electron chi connectivity index (χ1n) is 4.89. The molecule has 2 aromatic rings. The summed E-state index contributed by atoms with van der Waals surface area (Å²) in [6.45, 7) is 1.80. The molecular weight excluding hydrogens is 209 g/mol. The van der Waals surface area contributed by atoms with Gasteiger partial charge in [0.25, 0.3) is 6.01 Å². The number of rotatable bonds is 3. The minimum Gasteiger partial charge on any atom is -0.432 e. The van der Waals surface area contributed by atoms with Crippen molar-refractivity contribution in [2.75, 3.05) is 5.32 Å². The summed E-state index contributed by atoms with van der Waals surface area (Å²) >= 11 is 0. The molecule has 1 heterocycles. The summed E-state index contributed by atoms with van der Waals surface area (Å²) in [5, 5.41) is 2.74. The summed E-state index contributed by atoms with van der Waals surface area (Å²) in [7, 11) is 0. The Labute approximate surface area is 92.3 Å². The van der Waals surface area contributed by atoms with E-state index in [0.717, 1.165) is 0 Å². The van der Waals surface area contributed by atoms with Gasteiger partial charge in [-0.05, 0) is 19.1 Å². The molecule has 0 saturated carbocycles. The van der Waals surface area contributed by atoms with Crippen LogP contribution in [0, 0.1) is 5.82 Å². The fraction of sp³-hybridized carbons (Fsp3) is 0.182. The Morgan fingerprint density at radius 1 is 1.44 bits per heavy atom. The highest BCUT2D eigenvalue weighted by Gasteiger charge is 2.09. The number of halogens is 1. The monoisotopic (exact) mass is 221 g/mol. The van der Waals surface area contributed by atoms with Crippen LogP contribution in [0.15, 0.2) is 34.9 Å². The standard InChI is InChI=1S/C11H12FN3O/c1-7(13)10-6-16-11(15-10)14-9-5-3-2-4-8(9)12/h2-7H,13H2,1H3,(H,14,15). The molecule has 84 valence electrons. The van der Waals surface area contributed by atoms with Crippen molar-refractivity contribution >= 4 is 11.7 Å². The lowest BCUT2D eigenvalue weighted by Crippen LogP contribution is -2.05. The minimum atomic E-state index is -0.358. The van der Waals surface area contributed by atoms with Crippen molar-refractivity contribution < 1.29 is 8.81 Å². The van der Waals surface area contributed by atoms with Gasteiger partial charge in [-0.15, -0.1) is 0 Å². The van der Waals surface area contributed by atoms with Crippen LogP contribution in [0.1, 0.15) is 18.7 Å². The van der Waals surface area contributed by atoms with Crippen molar-refractivity contribution in [2.45, 2.75) is 13.0 Å². The number of nitrogens with zero attached hydrogens (tertiary/aromatic N) is 1. The number of hydrogen-bond acceptors (Lipinski definition) is 4. The van der Waals surface area contributed by atoms with E-state index in [-0.39, 0.29) is 17.9 Å². The number of nitrogens with one attached hydrogen (secondary N) is 1. The Morgan fingerprint density at radius 3 is 2.81 bits per heavy atom. The number of hydrogen-bond donors (Lipinski definition) is 2. The molecule has 0 bridgehead atoms. The normalized spacial score (nSPS) is 12.4. The van der Waals surface area contributed by atoms with Crippen molar-refractivity contribution in [1.29, 1.82) is 0 Å². The van der Waals surface area contributed by atoms with E-state index in [9.17, 15) is 4.39 Å². The highest BCUT2D eigenvalue weighted by Crippen LogP contribution is 2.20. The van der Waals surface area contributed by atoms with E-state index in [1.807, 2.05) is 0 Å². The van der Waals surface area contributed by atoms with Gasteiger partial charge in [0, 0.05) is 6.04 Å². The molecular formula is C11H12FN3O. The number of aromatic nitrogens is 1. The van der Waals surface area contributed by atoms with Crippen molar-refractivity contribution in [2.24, 2.45) is 5.73 Å². The molecule has 0 aliphatic rings. The number of oxazole rings is 1. The quantitative estimate of drug-likeness (QED) is 0.836. The van der Waals surface area contributed by atoms with Gasteiger partial charge in [0.2, 0.25) is 0 Å². The average Bonchev–Trinajstić information content (AvgIpc) is 2.70. The fourth-order valence-electron chi connectivity index (χ4n) is 1.23. The highest BCUT2D eigenvalue weighted by atomic mass is 19.1. The van der Waals surface area contributed by atoms with Crippen LogP contribution in [0.5, 0.6) is 0 Å². The summed E-state index contributed by atoms with van der Waals surface area (Å²) in [6, 6.07) is 6.32. The lowest BCUT2D eigenvalue weighted by atomic mass is 10.3. The summed E-state index contributed by atoms with van der Waals surface area (Å²) in [6.07, 6.45) is 1.45. The molecule has 0 amide bonds. The summed E-state index contributed by atoms with van der Waals surface area (Å²) in [4.78, 5) is 4.08. The summed E-state index contributed by atoms with van der Waals surface area (Å²) in [5.74, 6) is -0.358. The Morgan fingerprint density at radius 2 is 2.19 bits per heavy atom. The second-order valence-corrected chi connectivity index (χ2v) is 3.47. The van der Waals surface area contributed by atoms with Crippen molar-refractivity contribution in [3.8, 4) is 0 Å². The van der Waals surface area contributed by atoms with Gasteiger partial charge >= 0.3 is 0 Å².